The number of amides is 1. The fraction of sp³-hybridized carbons (Fsp3) is 0.357. The third-order valence-electron chi connectivity index (χ3n) is 6.40. The van der Waals surface area contributed by atoms with Gasteiger partial charge >= 0.3 is 0 Å². The number of nitrogens with one attached hydrogen (secondary N) is 2. The summed E-state index contributed by atoms with van der Waals surface area (Å²) in [6, 6.07) is 7.92. The Morgan fingerprint density at radius 1 is 1.13 bits per heavy atom. The Morgan fingerprint density at radius 2 is 1.92 bits per heavy atom. The SMILES string of the molecule is CC(C)(C)n1cc(NC(=O)Cc2ccc(Oc3ncnc4ccc(OC5CCNCC5)cc34)c(F)c2F)cn1. The maximum atomic E-state index is 15.0. The molecule has 2 aromatic heterocycles. The van der Waals surface area contributed by atoms with Crippen molar-refractivity contribution in [1.82, 2.24) is 25.1 Å². The predicted molar refractivity (Wildman–Crippen MR) is 142 cm³/mol. The molecule has 1 saturated heterocycles. The summed E-state index contributed by atoms with van der Waals surface area (Å²) >= 11 is 0. The number of ether oxygens (including phenoxy) is 2. The molecule has 204 valence electrons. The molecule has 2 aromatic carbocycles. The molecule has 0 unspecified atom stereocenters. The first-order valence-corrected chi connectivity index (χ1v) is 12.8. The summed E-state index contributed by atoms with van der Waals surface area (Å²) in [5.74, 6) is -2.55. The molecule has 1 aliphatic heterocycles. The van der Waals surface area contributed by atoms with E-state index in [2.05, 4.69) is 25.7 Å². The van der Waals surface area contributed by atoms with E-state index in [1.807, 2.05) is 26.8 Å². The van der Waals surface area contributed by atoms with E-state index in [-0.39, 0.29) is 35.3 Å². The van der Waals surface area contributed by atoms with Crippen molar-refractivity contribution in [2.24, 2.45) is 0 Å². The highest BCUT2D eigenvalue weighted by Gasteiger charge is 2.21. The number of piperidine rings is 1. The van der Waals surface area contributed by atoms with Crippen LogP contribution in [0.2, 0.25) is 0 Å². The maximum absolute atomic E-state index is 15.0. The Labute approximate surface area is 224 Å². The summed E-state index contributed by atoms with van der Waals surface area (Å²) in [5.41, 5.74) is 0.673. The van der Waals surface area contributed by atoms with Crippen LogP contribution < -0.4 is 20.1 Å². The molecule has 1 aliphatic rings. The van der Waals surface area contributed by atoms with Crippen LogP contribution in [-0.2, 0) is 16.8 Å². The van der Waals surface area contributed by atoms with Crippen molar-refractivity contribution < 1.29 is 23.0 Å². The van der Waals surface area contributed by atoms with Crippen molar-refractivity contribution in [3.05, 3.63) is 66.3 Å². The van der Waals surface area contributed by atoms with Crippen molar-refractivity contribution in [3.8, 4) is 17.4 Å². The van der Waals surface area contributed by atoms with Gasteiger partial charge in [0.25, 0.3) is 0 Å². The van der Waals surface area contributed by atoms with Gasteiger partial charge in [0, 0.05) is 11.8 Å². The molecule has 2 N–H and O–H groups in total. The van der Waals surface area contributed by atoms with Crippen LogP contribution >= 0.6 is 0 Å². The molecule has 0 spiro atoms. The van der Waals surface area contributed by atoms with Gasteiger partial charge in [-0.25, -0.2) is 14.4 Å². The lowest BCUT2D eigenvalue weighted by Crippen LogP contribution is -2.34. The number of rotatable bonds is 7. The second-order valence-corrected chi connectivity index (χ2v) is 10.4. The fourth-order valence-electron chi connectivity index (χ4n) is 4.30. The molecule has 0 aliphatic carbocycles. The van der Waals surface area contributed by atoms with E-state index in [0.717, 1.165) is 25.9 Å². The zero-order valence-electron chi connectivity index (χ0n) is 22.0. The number of carbonyl (C=O) groups excluding carboxylic acids is 1. The van der Waals surface area contributed by atoms with Crippen molar-refractivity contribution in [3.63, 3.8) is 0 Å². The molecular formula is C28H30F2N6O3. The van der Waals surface area contributed by atoms with Gasteiger partial charge in [-0.05, 0) is 71.0 Å². The summed E-state index contributed by atoms with van der Waals surface area (Å²) in [4.78, 5) is 20.9. The van der Waals surface area contributed by atoms with Gasteiger partial charge in [-0.3, -0.25) is 9.48 Å². The summed E-state index contributed by atoms with van der Waals surface area (Å²) in [6.07, 6.45) is 5.98. The smallest absolute Gasteiger partial charge is 0.230 e. The zero-order valence-corrected chi connectivity index (χ0v) is 22.0. The average molecular weight is 537 g/mol. The quantitative estimate of drug-likeness (QED) is 0.344. The molecule has 0 atom stereocenters. The largest absolute Gasteiger partial charge is 0.490 e. The number of benzene rings is 2. The second-order valence-electron chi connectivity index (χ2n) is 10.4. The minimum Gasteiger partial charge on any atom is -0.490 e. The normalized spacial score (nSPS) is 14.4. The predicted octanol–water partition coefficient (Wildman–Crippen LogP) is 4.96. The van der Waals surface area contributed by atoms with E-state index < -0.39 is 17.5 Å². The molecular weight excluding hydrogens is 506 g/mol. The topological polar surface area (TPSA) is 103 Å². The maximum Gasteiger partial charge on any atom is 0.230 e. The van der Waals surface area contributed by atoms with Gasteiger partial charge in [0.2, 0.25) is 17.6 Å². The van der Waals surface area contributed by atoms with Crippen LogP contribution in [0.1, 0.15) is 39.2 Å². The molecule has 11 heteroatoms. The minimum atomic E-state index is -1.21. The standard InChI is InChI=1S/C28H30F2N6O3/c1-28(2,3)36-15-18(14-34-36)35-24(37)12-17-4-7-23(26(30)25(17)29)39-27-21-13-20(5-6-22(21)32-16-33-27)38-19-8-10-31-11-9-19/h4-7,13-16,19,31H,8-12H2,1-3H3,(H,35,37). The molecule has 1 amide bonds. The molecule has 5 rings (SSSR count). The Morgan fingerprint density at radius 3 is 2.67 bits per heavy atom. The summed E-state index contributed by atoms with van der Waals surface area (Å²) in [7, 11) is 0. The first-order valence-electron chi connectivity index (χ1n) is 12.8. The van der Waals surface area contributed by atoms with E-state index in [1.165, 1.54) is 24.7 Å². The Hall–Kier alpha value is -4.12. The number of nitrogens with zero attached hydrogens (tertiary/aromatic N) is 4. The van der Waals surface area contributed by atoms with Crippen LogP contribution in [0.25, 0.3) is 10.9 Å². The molecule has 9 nitrogen and oxygen atoms in total. The van der Waals surface area contributed by atoms with Crippen LogP contribution in [-0.4, -0.2) is 44.8 Å². The summed E-state index contributed by atoms with van der Waals surface area (Å²) in [6.45, 7) is 7.69. The van der Waals surface area contributed by atoms with Crippen molar-refractivity contribution >= 4 is 22.5 Å². The summed E-state index contributed by atoms with van der Waals surface area (Å²) in [5, 5.41) is 10.7. The van der Waals surface area contributed by atoms with Crippen molar-refractivity contribution in [2.75, 3.05) is 18.4 Å². The number of hydrogen-bond donors (Lipinski definition) is 2. The number of aromatic nitrogens is 4. The van der Waals surface area contributed by atoms with Gasteiger partial charge < -0.3 is 20.1 Å². The number of carbonyl (C=O) groups is 1. The highest BCUT2D eigenvalue weighted by atomic mass is 19.2. The number of anilines is 1. The first-order chi connectivity index (χ1) is 18.7. The van der Waals surface area contributed by atoms with Crippen LogP contribution in [0.4, 0.5) is 14.5 Å². The van der Waals surface area contributed by atoms with Gasteiger partial charge in [-0.15, -0.1) is 0 Å². The van der Waals surface area contributed by atoms with E-state index in [0.29, 0.717) is 22.3 Å². The number of hydrogen-bond acceptors (Lipinski definition) is 7. The van der Waals surface area contributed by atoms with Gasteiger partial charge in [0.05, 0.1) is 34.7 Å². The molecule has 4 aromatic rings. The lowest BCUT2D eigenvalue weighted by atomic mass is 10.1. The van der Waals surface area contributed by atoms with Crippen LogP contribution in [0, 0.1) is 11.6 Å². The molecule has 0 bridgehead atoms. The third-order valence-corrected chi connectivity index (χ3v) is 6.40. The first kappa shape index (κ1) is 26.5. The second kappa shape index (κ2) is 10.9. The Balaban J connectivity index is 1.31. The molecule has 3 heterocycles. The van der Waals surface area contributed by atoms with Gasteiger partial charge in [-0.1, -0.05) is 6.07 Å². The van der Waals surface area contributed by atoms with Crippen molar-refractivity contribution in [2.45, 2.75) is 51.7 Å². The molecule has 0 saturated carbocycles. The third kappa shape index (κ3) is 6.14. The summed E-state index contributed by atoms with van der Waals surface area (Å²) < 4.78 is 43.5. The number of halogens is 2. The van der Waals surface area contributed by atoms with Gasteiger partial charge in [0.1, 0.15) is 18.2 Å². The van der Waals surface area contributed by atoms with Crippen LogP contribution in [0.3, 0.4) is 0 Å². The van der Waals surface area contributed by atoms with E-state index in [4.69, 9.17) is 9.47 Å². The highest BCUT2D eigenvalue weighted by Crippen LogP contribution is 2.33. The molecule has 1 fully saturated rings. The molecule has 0 radical (unpaired) electrons. The lowest BCUT2D eigenvalue weighted by Gasteiger charge is -2.24. The van der Waals surface area contributed by atoms with E-state index in [9.17, 15) is 9.18 Å². The van der Waals surface area contributed by atoms with Gasteiger partial charge in [0.15, 0.2) is 11.6 Å². The lowest BCUT2D eigenvalue weighted by molar-refractivity contribution is -0.115. The average Bonchev–Trinajstić information content (AvgIpc) is 3.38. The van der Waals surface area contributed by atoms with Crippen LogP contribution in [0.15, 0.2) is 49.1 Å². The van der Waals surface area contributed by atoms with Crippen molar-refractivity contribution in [1.29, 1.82) is 0 Å². The number of fused-ring (bicyclic) bond motifs is 1. The van der Waals surface area contributed by atoms with E-state index >= 15 is 4.39 Å². The monoisotopic (exact) mass is 536 g/mol. The Kier molecular flexibility index (Phi) is 7.42. The molecule has 39 heavy (non-hydrogen) atoms. The highest BCUT2D eigenvalue weighted by molar-refractivity contribution is 5.92. The Bertz CT molecular complexity index is 1490. The van der Waals surface area contributed by atoms with Gasteiger partial charge in [-0.2, -0.15) is 9.49 Å². The minimum absolute atomic E-state index is 0.0652. The fourth-order valence-corrected chi connectivity index (χ4v) is 4.30. The van der Waals surface area contributed by atoms with E-state index in [1.54, 1.807) is 23.0 Å². The zero-order chi connectivity index (χ0) is 27.6. The van der Waals surface area contributed by atoms with Crippen LogP contribution in [0.5, 0.6) is 17.4 Å².